The molecule has 0 radical (unpaired) electrons. The molecule has 1 amide bonds. The third-order valence-corrected chi connectivity index (χ3v) is 2.27. The van der Waals surface area contributed by atoms with E-state index in [9.17, 15) is 14.4 Å². The van der Waals surface area contributed by atoms with Crippen molar-refractivity contribution in [2.24, 2.45) is 5.10 Å². The zero-order valence-electron chi connectivity index (χ0n) is 10.7. The number of hydrogen-bond donors (Lipinski definition) is 3. The molecule has 0 unspecified atom stereocenters. The van der Waals surface area contributed by atoms with Gasteiger partial charge in [-0.1, -0.05) is 0 Å². The van der Waals surface area contributed by atoms with Crippen molar-refractivity contribution in [3.05, 3.63) is 29.6 Å². The van der Waals surface area contributed by atoms with Crippen LogP contribution in [0.2, 0.25) is 0 Å². The van der Waals surface area contributed by atoms with Gasteiger partial charge in [0.1, 0.15) is 5.71 Å². The van der Waals surface area contributed by atoms with E-state index < -0.39 is 23.6 Å². The number of hydrazone groups is 1. The van der Waals surface area contributed by atoms with Gasteiger partial charge in [0.05, 0.1) is 6.42 Å². The summed E-state index contributed by atoms with van der Waals surface area (Å²) in [4.78, 5) is 36.8. The van der Waals surface area contributed by atoms with Crippen LogP contribution in [-0.2, 0) is 9.59 Å². The summed E-state index contributed by atoms with van der Waals surface area (Å²) in [6, 6.07) is 2.97. The lowest BCUT2D eigenvalue weighted by Gasteiger charge is -2.03. The largest absolute Gasteiger partial charge is 0.481 e. The number of hydrogen-bond acceptors (Lipinski definition) is 5. The average Bonchev–Trinajstić information content (AvgIpc) is 2.37. The molecule has 0 bridgehead atoms. The SMILES string of the molecule is Cc1cc(C(=O)N/N=C(\CCC(=O)O)C(=O)O)ccn1. The molecule has 0 spiro atoms. The molecule has 0 saturated carbocycles. The molecular weight excluding hydrogens is 266 g/mol. The number of rotatable bonds is 6. The van der Waals surface area contributed by atoms with Gasteiger partial charge in [0.15, 0.2) is 0 Å². The van der Waals surface area contributed by atoms with Crippen molar-refractivity contribution in [1.29, 1.82) is 0 Å². The maximum absolute atomic E-state index is 11.7. The second kappa shape index (κ2) is 6.98. The molecule has 3 N–H and O–H groups in total. The molecule has 1 rings (SSSR count). The molecule has 0 fully saturated rings. The number of carbonyl (C=O) groups excluding carboxylic acids is 1. The second-order valence-corrected chi connectivity index (χ2v) is 3.88. The normalized spacial score (nSPS) is 10.9. The minimum absolute atomic E-state index is 0.277. The number of aryl methyl sites for hydroxylation is 1. The molecule has 1 aromatic heterocycles. The fourth-order valence-electron chi connectivity index (χ4n) is 1.31. The highest BCUT2D eigenvalue weighted by Gasteiger charge is 2.13. The molecule has 8 nitrogen and oxygen atoms in total. The molecular formula is C12H13N3O5. The average molecular weight is 279 g/mol. The molecule has 0 saturated heterocycles. The van der Waals surface area contributed by atoms with E-state index in [2.05, 4.69) is 15.5 Å². The highest BCUT2D eigenvalue weighted by Crippen LogP contribution is 2.01. The van der Waals surface area contributed by atoms with E-state index in [0.29, 0.717) is 5.69 Å². The maximum atomic E-state index is 11.7. The van der Waals surface area contributed by atoms with E-state index in [1.165, 1.54) is 18.3 Å². The first-order chi connectivity index (χ1) is 9.40. The quantitative estimate of drug-likeness (QED) is 0.511. The number of carboxylic acid groups (broad SMARTS) is 2. The number of amides is 1. The zero-order chi connectivity index (χ0) is 15.1. The fraction of sp³-hybridized carbons (Fsp3) is 0.250. The summed E-state index contributed by atoms with van der Waals surface area (Å²) in [7, 11) is 0. The van der Waals surface area contributed by atoms with E-state index in [-0.39, 0.29) is 18.4 Å². The molecule has 0 aromatic carbocycles. The molecule has 1 heterocycles. The molecule has 1 aromatic rings. The van der Waals surface area contributed by atoms with E-state index in [0.717, 1.165) is 0 Å². The van der Waals surface area contributed by atoms with Gasteiger partial charge in [-0.2, -0.15) is 5.10 Å². The number of aliphatic carboxylic acids is 2. The minimum Gasteiger partial charge on any atom is -0.481 e. The summed E-state index contributed by atoms with van der Waals surface area (Å²) in [6.07, 6.45) is 0.784. The maximum Gasteiger partial charge on any atom is 0.352 e. The molecule has 8 heteroatoms. The molecule has 0 aliphatic rings. The van der Waals surface area contributed by atoms with Crippen LogP contribution in [0, 0.1) is 6.92 Å². The summed E-state index contributed by atoms with van der Waals surface area (Å²) in [5.74, 6) is -3.11. The lowest BCUT2D eigenvalue weighted by atomic mass is 10.2. The number of carbonyl (C=O) groups is 3. The van der Waals surface area contributed by atoms with Crippen molar-refractivity contribution >= 4 is 23.6 Å². The number of nitrogens with one attached hydrogen (secondary N) is 1. The van der Waals surface area contributed by atoms with E-state index in [4.69, 9.17) is 10.2 Å². The third kappa shape index (κ3) is 4.84. The Kier molecular flexibility index (Phi) is 5.33. The van der Waals surface area contributed by atoms with Crippen molar-refractivity contribution in [3.8, 4) is 0 Å². The summed E-state index contributed by atoms with van der Waals surface area (Å²) in [6.45, 7) is 1.70. The Hall–Kier alpha value is -2.77. The Morgan fingerprint density at radius 3 is 2.55 bits per heavy atom. The Balaban J connectivity index is 2.74. The first-order valence-electron chi connectivity index (χ1n) is 5.65. The van der Waals surface area contributed by atoms with Gasteiger partial charge in [-0.05, 0) is 19.1 Å². The zero-order valence-corrected chi connectivity index (χ0v) is 10.7. The van der Waals surface area contributed by atoms with Crippen LogP contribution in [0.5, 0.6) is 0 Å². The smallest absolute Gasteiger partial charge is 0.352 e. The topological polar surface area (TPSA) is 129 Å². The molecule has 106 valence electrons. The monoisotopic (exact) mass is 279 g/mol. The Morgan fingerprint density at radius 1 is 1.30 bits per heavy atom. The van der Waals surface area contributed by atoms with Crippen LogP contribution in [0.15, 0.2) is 23.4 Å². The summed E-state index contributed by atoms with van der Waals surface area (Å²) < 4.78 is 0. The second-order valence-electron chi connectivity index (χ2n) is 3.88. The number of aromatic nitrogens is 1. The van der Waals surface area contributed by atoms with Crippen LogP contribution < -0.4 is 5.43 Å². The summed E-state index contributed by atoms with van der Waals surface area (Å²) in [5.41, 5.74) is 2.57. The van der Waals surface area contributed by atoms with Crippen LogP contribution in [0.1, 0.15) is 28.9 Å². The van der Waals surface area contributed by atoms with Gasteiger partial charge >= 0.3 is 11.9 Å². The third-order valence-electron chi connectivity index (χ3n) is 2.27. The lowest BCUT2D eigenvalue weighted by molar-refractivity contribution is -0.136. The molecule has 20 heavy (non-hydrogen) atoms. The number of nitrogens with zero attached hydrogens (tertiary/aromatic N) is 2. The Bertz CT molecular complexity index is 568. The van der Waals surface area contributed by atoms with Gasteiger partial charge in [0.2, 0.25) is 0 Å². The van der Waals surface area contributed by atoms with Gasteiger partial charge in [0, 0.05) is 23.9 Å². The number of pyridine rings is 1. The summed E-state index contributed by atoms with van der Waals surface area (Å²) >= 11 is 0. The molecule has 0 atom stereocenters. The standard InChI is InChI=1S/C12H13N3O5/c1-7-6-8(4-5-13-7)11(18)15-14-9(12(19)20)2-3-10(16)17/h4-6H,2-3H2,1H3,(H,15,18)(H,16,17)(H,19,20)/b14-9+. The molecule has 0 aliphatic carbocycles. The highest BCUT2D eigenvalue weighted by atomic mass is 16.4. The minimum atomic E-state index is -1.38. The lowest BCUT2D eigenvalue weighted by Crippen LogP contribution is -2.24. The van der Waals surface area contributed by atoms with Gasteiger partial charge in [-0.25, -0.2) is 10.2 Å². The van der Waals surface area contributed by atoms with E-state index in [1.807, 2.05) is 0 Å². The first kappa shape index (κ1) is 15.3. The number of carboxylic acids is 2. The van der Waals surface area contributed by atoms with Crippen molar-refractivity contribution in [1.82, 2.24) is 10.4 Å². The van der Waals surface area contributed by atoms with Crippen molar-refractivity contribution in [2.45, 2.75) is 19.8 Å². The van der Waals surface area contributed by atoms with Gasteiger partial charge < -0.3 is 10.2 Å². The van der Waals surface area contributed by atoms with Crippen LogP contribution in [-0.4, -0.2) is 38.8 Å². The van der Waals surface area contributed by atoms with E-state index >= 15 is 0 Å². The molecule has 0 aliphatic heterocycles. The van der Waals surface area contributed by atoms with Gasteiger partial charge in [-0.3, -0.25) is 14.6 Å². The van der Waals surface area contributed by atoms with Gasteiger partial charge in [-0.15, -0.1) is 0 Å². The fourth-order valence-corrected chi connectivity index (χ4v) is 1.31. The van der Waals surface area contributed by atoms with E-state index in [1.54, 1.807) is 6.92 Å². The Morgan fingerprint density at radius 2 is 2.00 bits per heavy atom. The predicted octanol–water partition coefficient (Wildman–Crippen LogP) is 0.425. The van der Waals surface area contributed by atoms with Crippen LogP contribution >= 0.6 is 0 Å². The van der Waals surface area contributed by atoms with Crippen molar-refractivity contribution in [3.63, 3.8) is 0 Å². The predicted molar refractivity (Wildman–Crippen MR) is 68.4 cm³/mol. The van der Waals surface area contributed by atoms with Gasteiger partial charge in [0.25, 0.3) is 5.91 Å². The highest BCUT2D eigenvalue weighted by molar-refractivity contribution is 6.35. The van der Waals surface area contributed by atoms with Crippen LogP contribution in [0.3, 0.4) is 0 Å². The first-order valence-corrected chi connectivity index (χ1v) is 5.65. The van der Waals surface area contributed by atoms with Crippen LogP contribution in [0.25, 0.3) is 0 Å². The van der Waals surface area contributed by atoms with Crippen molar-refractivity contribution < 1.29 is 24.6 Å². The van der Waals surface area contributed by atoms with Crippen LogP contribution in [0.4, 0.5) is 0 Å². The van der Waals surface area contributed by atoms with Crippen molar-refractivity contribution in [2.75, 3.05) is 0 Å². The Labute approximate surface area is 114 Å². The summed E-state index contributed by atoms with van der Waals surface area (Å²) in [5, 5.41) is 20.8.